The molecular weight excluding hydrogens is 333 g/mol. The summed E-state index contributed by atoms with van der Waals surface area (Å²) in [5, 5.41) is 4.70. The molecule has 3 rings (SSSR count). The lowest BCUT2D eigenvalue weighted by molar-refractivity contribution is -0.115. The molecule has 0 aliphatic heterocycles. The molecule has 0 fully saturated rings. The zero-order valence-corrected chi connectivity index (χ0v) is 14.3. The number of halogens is 2. The van der Waals surface area contributed by atoms with Crippen molar-refractivity contribution in [1.29, 1.82) is 0 Å². The second kappa shape index (κ2) is 6.26. The van der Waals surface area contributed by atoms with Gasteiger partial charge in [0.1, 0.15) is 5.58 Å². The SMILES string of the molecule is Cc1ccc2c(CC(=O)Nc3ccc(Cl)cc3Cl)coc2c1C. The number of carbonyl (C=O) groups is 1. The molecule has 2 aromatic carbocycles. The highest BCUT2D eigenvalue weighted by atomic mass is 35.5. The van der Waals surface area contributed by atoms with E-state index in [2.05, 4.69) is 5.32 Å². The predicted molar refractivity (Wildman–Crippen MR) is 94.5 cm³/mol. The van der Waals surface area contributed by atoms with Crippen LogP contribution in [0.3, 0.4) is 0 Å². The fraction of sp³-hybridized carbons (Fsp3) is 0.167. The van der Waals surface area contributed by atoms with Gasteiger partial charge in [-0.05, 0) is 43.2 Å². The number of carbonyl (C=O) groups excluding carboxylic acids is 1. The van der Waals surface area contributed by atoms with Gasteiger partial charge in [0.05, 0.1) is 23.4 Å². The molecule has 1 heterocycles. The first kappa shape index (κ1) is 15.9. The number of amides is 1. The highest BCUT2D eigenvalue weighted by molar-refractivity contribution is 6.36. The average molecular weight is 348 g/mol. The van der Waals surface area contributed by atoms with Crippen LogP contribution in [0.4, 0.5) is 5.69 Å². The number of anilines is 1. The molecule has 3 nitrogen and oxygen atoms in total. The zero-order chi connectivity index (χ0) is 16.6. The van der Waals surface area contributed by atoms with Gasteiger partial charge in [-0.1, -0.05) is 35.3 Å². The second-order valence-corrected chi connectivity index (χ2v) is 6.34. The van der Waals surface area contributed by atoms with Crippen molar-refractivity contribution < 1.29 is 9.21 Å². The molecule has 0 saturated heterocycles. The van der Waals surface area contributed by atoms with Crippen molar-refractivity contribution in [2.24, 2.45) is 0 Å². The smallest absolute Gasteiger partial charge is 0.228 e. The predicted octanol–water partition coefficient (Wildman–Crippen LogP) is 5.54. The van der Waals surface area contributed by atoms with Crippen LogP contribution in [0, 0.1) is 13.8 Å². The van der Waals surface area contributed by atoms with Gasteiger partial charge in [-0.2, -0.15) is 0 Å². The van der Waals surface area contributed by atoms with Crippen molar-refractivity contribution in [2.45, 2.75) is 20.3 Å². The fourth-order valence-corrected chi connectivity index (χ4v) is 2.94. The van der Waals surface area contributed by atoms with Crippen LogP contribution in [-0.4, -0.2) is 5.91 Å². The number of aryl methyl sites for hydroxylation is 2. The largest absolute Gasteiger partial charge is 0.464 e. The maximum Gasteiger partial charge on any atom is 0.228 e. The highest BCUT2D eigenvalue weighted by Crippen LogP contribution is 2.28. The first-order valence-electron chi connectivity index (χ1n) is 7.17. The number of hydrogen-bond acceptors (Lipinski definition) is 2. The van der Waals surface area contributed by atoms with E-state index < -0.39 is 0 Å². The molecule has 0 bridgehead atoms. The van der Waals surface area contributed by atoms with Crippen LogP contribution in [0.25, 0.3) is 11.0 Å². The van der Waals surface area contributed by atoms with Crippen LogP contribution < -0.4 is 5.32 Å². The van der Waals surface area contributed by atoms with Crippen molar-refractivity contribution in [3.8, 4) is 0 Å². The molecule has 1 N–H and O–H groups in total. The summed E-state index contributed by atoms with van der Waals surface area (Å²) in [7, 11) is 0. The molecule has 118 valence electrons. The fourth-order valence-electron chi connectivity index (χ4n) is 2.48. The number of furan rings is 1. The Kier molecular flexibility index (Phi) is 4.33. The monoisotopic (exact) mass is 347 g/mol. The van der Waals surface area contributed by atoms with E-state index in [-0.39, 0.29) is 12.3 Å². The van der Waals surface area contributed by atoms with Crippen LogP contribution in [0.15, 0.2) is 41.0 Å². The summed E-state index contributed by atoms with van der Waals surface area (Å²) < 4.78 is 5.63. The van der Waals surface area contributed by atoms with Crippen LogP contribution >= 0.6 is 23.2 Å². The van der Waals surface area contributed by atoms with Gasteiger partial charge >= 0.3 is 0 Å². The Morgan fingerprint density at radius 3 is 2.70 bits per heavy atom. The molecule has 0 aliphatic rings. The number of fused-ring (bicyclic) bond motifs is 1. The maximum absolute atomic E-state index is 12.3. The van der Waals surface area contributed by atoms with Crippen LogP contribution in [0.2, 0.25) is 10.0 Å². The van der Waals surface area contributed by atoms with E-state index in [1.807, 2.05) is 26.0 Å². The Balaban J connectivity index is 1.82. The van der Waals surface area contributed by atoms with Crippen LogP contribution in [-0.2, 0) is 11.2 Å². The molecule has 1 amide bonds. The molecule has 0 unspecified atom stereocenters. The number of rotatable bonds is 3. The third-order valence-electron chi connectivity index (χ3n) is 3.90. The lowest BCUT2D eigenvalue weighted by atomic mass is 10.0. The van der Waals surface area contributed by atoms with Gasteiger partial charge in [0.15, 0.2) is 0 Å². The van der Waals surface area contributed by atoms with Crippen molar-refractivity contribution in [1.82, 2.24) is 0 Å². The maximum atomic E-state index is 12.3. The lowest BCUT2D eigenvalue weighted by Gasteiger charge is -2.07. The summed E-state index contributed by atoms with van der Waals surface area (Å²) in [5.74, 6) is -0.157. The zero-order valence-electron chi connectivity index (χ0n) is 12.7. The van der Waals surface area contributed by atoms with E-state index in [0.717, 1.165) is 27.7 Å². The van der Waals surface area contributed by atoms with Gasteiger partial charge in [-0.15, -0.1) is 0 Å². The summed E-state index contributed by atoms with van der Waals surface area (Å²) in [4.78, 5) is 12.3. The summed E-state index contributed by atoms with van der Waals surface area (Å²) >= 11 is 11.9. The molecule has 23 heavy (non-hydrogen) atoms. The van der Waals surface area contributed by atoms with Crippen LogP contribution in [0.1, 0.15) is 16.7 Å². The molecule has 0 saturated carbocycles. The van der Waals surface area contributed by atoms with Crippen molar-refractivity contribution in [3.05, 3.63) is 63.3 Å². The molecule has 3 aromatic rings. The van der Waals surface area contributed by atoms with E-state index in [0.29, 0.717) is 15.7 Å². The molecular formula is C18H15Cl2NO2. The molecule has 0 aliphatic carbocycles. The van der Waals surface area contributed by atoms with Crippen molar-refractivity contribution >= 4 is 45.8 Å². The van der Waals surface area contributed by atoms with Crippen molar-refractivity contribution in [3.63, 3.8) is 0 Å². The third kappa shape index (κ3) is 3.21. The third-order valence-corrected chi connectivity index (χ3v) is 4.45. The Morgan fingerprint density at radius 1 is 1.17 bits per heavy atom. The summed E-state index contributed by atoms with van der Waals surface area (Å²) in [6.45, 7) is 4.05. The Bertz CT molecular complexity index is 899. The number of benzene rings is 2. The topological polar surface area (TPSA) is 42.2 Å². The number of nitrogens with one attached hydrogen (secondary N) is 1. The van der Waals surface area contributed by atoms with Gasteiger partial charge in [0.2, 0.25) is 5.91 Å². The molecule has 1 aromatic heterocycles. The second-order valence-electron chi connectivity index (χ2n) is 5.49. The van der Waals surface area contributed by atoms with Gasteiger partial charge in [-0.3, -0.25) is 4.79 Å². The molecule has 0 spiro atoms. The quantitative estimate of drug-likeness (QED) is 0.675. The van der Waals surface area contributed by atoms with E-state index in [4.69, 9.17) is 27.6 Å². The van der Waals surface area contributed by atoms with Gasteiger partial charge in [0.25, 0.3) is 0 Å². The Morgan fingerprint density at radius 2 is 1.96 bits per heavy atom. The lowest BCUT2D eigenvalue weighted by Crippen LogP contribution is -2.14. The minimum absolute atomic E-state index is 0.157. The minimum Gasteiger partial charge on any atom is -0.464 e. The standard InChI is InChI=1S/C18H15Cl2NO2/c1-10-3-5-14-12(9-23-18(14)11(10)2)7-17(22)21-16-6-4-13(19)8-15(16)20/h3-6,8-9H,7H2,1-2H3,(H,21,22). The van der Waals surface area contributed by atoms with E-state index in [9.17, 15) is 4.79 Å². The average Bonchev–Trinajstić information content (AvgIpc) is 2.89. The van der Waals surface area contributed by atoms with Gasteiger partial charge in [-0.25, -0.2) is 0 Å². The number of hydrogen-bond donors (Lipinski definition) is 1. The molecule has 0 atom stereocenters. The van der Waals surface area contributed by atoms with E-state index >= 15 is 0 Å². The highest BCUT2D eigenvalue weighted by Gasteiger charge is 2.14. The first-order chi connectivity index (χ1) is 11.0. The van der Waals surface area contributed by atoms with Gasteiger partial charge < -0.3 is 9.73 Å². The first-order valence-corrected chi connectivity index (χ1v) is 7.92. The summed E-state index contributed by atoms with van der Waals surface area (Å²) in [6, 6.07) is 8.98. The Hall–Kier alpha value is -1.97. The van der Waals surface area contributed by atoms with E-state index in [1.165, 1.54) is 0 Å². The molecule has 0 radical (unpaired) electrons. The summed E-state index contributed by atoms with van der Waals surface area (Å²) in [5.41, 5.74) is 4.48. The Labute approximate surface area is 144 Å². The van der Waals surface area contributed by atoms with Crippen LogP contribution in [0.5, 0.6) is 0 Å². The minimum atomic E-state index is -0.157. The summed E-state index contributed by atoms with van der Waals surface area (Å²) in [6.07, 6.45) is 1.86. The van der Waals surface area contributed by atoms with Crippen molar-refractivity contribution in [2.75, 3.05) is 5.32 Å². The molecule has 5 heteroatoms. The van der Waals surface area contributed by atoms with E-state index in [1.54, 1.807) is 24.5 Å². The van der Waals surface area contributed by atoms with Gasteiger partial charge in [0, 0.05) is 16.0 Å². The normalized spacial score (nSPS) is 11.0.